The van der Waals surface area contributed by atoms with E-state index in [1.807, 2.05) is 0 Å². The lowest BCUT2D eigenvalue weighted by Gasteiger charge is -2.31. The Kier molecular flexibility index (Phi) is 6.81. The van der Waals surface area contributed by atoms with E-state index in [4.69, 9.17) is 19.9 Å². The van der Waals surface area contributed by atoms with Crippen LogP contribution >= 0.6 is 0 Å². The molecule has 12 heteroatoms. The highest BCUT2D eigenvalue weighted by Crippen LogP contribution is 2.52. The van der Waals surface area contributed by atoms with Crippen molar-refractivity contribution in [2.45, 2.75) is 49.1 Å². The third-order valence-corrected chi connectivity index (χ3v) is 7.98. The first kappa shape index (κ1) is 28.2. The van der Waals surface area contributed by atoms with Crippen LogP contribution in [0.25, 0.3) is 11.3 Å². The number of nitrogens with one attached hydrogen (secondary N) is 1. The molecule has 2 saturated carbocycles. The number of aliphatic hydroxyl groups is 1. The second kappa shape index (κ2) is 10.1. The SMILES string of the molecule is COc1cc(C(=O)NC[C@](O)(c2cc3c(c(-c4ccc(F)cc4)n2)OC[C@@]3(N)C(F)(F)F)C2CC2)ccc1OC1CC1. The highest BCUT2D eigenvalue weighted by Gasteiger charge is 2.59. The van der Waals surface area contributed by atoms with Crippen molar-refractivity contribution in [3.8, 4) is 28.5 Å². The van der Waals surface area contributed by atoms with Crippen molar-refractivity contribution in [3.63, 3.8) is 0 Å². The summed E-state index contributed by atoms with van der Waals surface area (Å²) in [5.74, 6) is -0.753. The molecule has 2 atom stereocenters. The highest BCUT2D eigenvalue weighted by molar-refractivity contribution is 5.95. The number of halogens is 4. The van der Waals surface area contributed by atoms with Crippen LogP contribution in [-0.4, -0.2) is 48.5 Å². The van der Waals surface area contributed by atoms with Gasteiger partial charge in [-0.3, -0.25) is 4.79 Å². The Bertz CT molecular complexity index is 1520. The summed E-state index contributed by atoms with van der Waals surface area (Å²) in [5, 5.41) is 14.7. The Morgan fingerprint density at radius 3 is 2.45 bits per heavy atom. The topological polar surface area (TPSA) is 116 Å². The summed E-state index contributed by atoms with van der Waals surface area (Å²) in [5.41, 5.74) is 1.22. The fraction of sp³-hybridized carbons (Fsp3) is 0.400. The molecule has 4 N–H and O–H groups in total. The molecule has 8 nitrogen and oxygen atoms in total. The summed E-state index contributed by atoms with van der Waals surface area (Å²) < 4.78 is 72.9. The second-order valence-electron chi connectivity index (χ2n) is 11.1. The molecule has 3 aliphatic rings. The van der Waals surface area contributed by atoms with E-state index in [1.165, 1.54) is 25.3 Å². The van der Waals surface area contributed by atoms with Gasteiger partial charge >= 0.3 is 6.18 Å². The van der Waals surface area contributed by atoms with Gasteiger partial charge in [-0.2, -0.15) is 13.2 Å². The molecule has 1 aromatic heterocycles. The van der Waals surface area contributed by atoms with E-state index >= 15 is 0 Å². The van der Waals surface area contributed by atoms with E-state index in [9.17, 15) is 27.5 Å². The molecule has 2 aliphatic carbocycles. The minimum Gasteiger partial charge on any atom is -0.493 e. The molecule has 42 heavy (non-hydrogen) atoms. The average molecular weight is 588 g/mol. The average Bonchev–Trinajstić information content (AvgIpc) is 3.90. The quantitative estimate of drug-likeness (QED) is 0.314. The molecule has 2 aromatic carbocycles. The predicted octanol–water partition coefficient (Wildman–Crippen LogP) is 4.57. The molecule has 2 fully saturated rings. The molecule has 0 radical (unpaired) electrons. The summed E-state index contributed by atoms with van der Waals surface area (Å²) in [6.45, 7) is -1.22. The van der Waals surface area contributed by atoms with Gasteiger partial charge in [0.1, 0.15) is 23.7 Å². The van der Waals surface area contributed by atoms with Crippen LogP contribution in [0.3, 0.4) is 0 Å². The molecule has 6 rings (SSSR count). The lowest BCUT2D eigenvalue weighted by Crippen LogP contribution is -2.52. The maximum atomic E-state index is 14.2. The van der Waals surface area contributed by atoms with Gasteiger partial charge in [0.2, 0.25) is 0 Å². The highest BCUT2D eigenvalue weighted by atomic mass is 19.4. The van der Waals surface area contributed by atoms with Gasteiger partial charge in [-0.25, -0.2) is 9.37 Å². The van der Waals surface area contributed by atoms with Gasteiger partial charge in [-0.1, -0.05) is 0 Å². The minimum atomic E-state index is -4.88. The van der Waals surface area contributed by atoms with E-state index in [0.29, 0.717) is 24.3 Å². The van der Waals surface area contributed by atoms with Crippen molar-refractivity contribution in [1.29, 1.82) is 0 Å². The number of methoxy groups -OCH3 is 1. The minimum absolute atomic E-state index is 0.0135. The number of aromatic nitrogens is 1. The lowest BCUT2D eigenvalue weighted by molar-refractivity contribution is -0.191. The number of rotatable bonds is 9. The van der Waals surface area contributed by atoms with Crippen LogP contribution in [0.5, 0.6) is 17.2 Å². The number of fused-ring (bicyclic) bond motifs is 1. The number of ether oxygens (including phenoxy) is 3. The molecular weight excluding hydrogens is 558 g/mol. The molecular formula is C30H29F4N3O5. The van der Waals surface area contributed by atoms with Crippen molar-refractivity contribution in [2.24, 2.45) is 11.7 Å². The number of carbonyl (C=O) groups excluding carboxylic acids is 1. The standard InChI is InChI=1S/C30H29F4N3O5/c1-40-23-12-17(4-11-22(23)42-20-9-10-20)27(38)36-14-28(39,18-5-6-18)24-13-21-26(41-15-29(21,35)30(32,33)34)25(37-24)16-2-7-19(31)8-3-16/h2-4,7-8,11-13,18,20,39H,5-6,9-10,14-15,35H2,1H3,(H,36,38)/t28-,29+/m1/s1. The zero-order valence-corrected chi connectivity index (χ0v) is 22.6. The van der Waals surface area contributed by atoms with Crippen molar-refractivity contribution in [2.75, 3.05) is 20.3 Å². The maximum Gasteiger partial charge on any atom is 0.414 e. The maximum absolute atomic E-state index is 14.2. The summed E-state index contributed by atoms with van der Waals surface area (Å²) >= 11 is 0. The molecule has 1 amide bonds. The van der Waals surface area contributed by atoms with E-state index in [0.717, 1.165) is 31.0 Å². The first-order chi connectivity index (χ1) is 19.9. The van der Waals surface area contributed by atoms with Gasteiger partial charge in [-0.15, -0.1) is 0 Å². The molecule has 0 spiro atoms. The fourth-order valence-electron chi connectivity index (χ4n) is 5.13. The van der Waals surface area contributed by atoms with Crippen LogP contribution in [-0.2, 0) is 11.1 Å². The van der Waals surface area contributed by atoms with Gasteiger partial charge in [0, 0.05) is 16.7 Å². The summed E-state index contributed by atoms with van der Waals surface area (Å²) in [6.07, 6.45) is -1.71. The lowest BCUT2D eigenvalue weighted by atomic mass is 9.86. The number of amides is 1. The van der Waals surface area contributed by atoms with Crippen LogP contribution in [0.2, 0.25) is 0 Å². The fourth-order valence-corrected chi connectivity index (χ4v) is 5.13. The smallest absolute Gasteiger partial charge is 0.414 e. The van der Waals surface area contributed by atoms with Crippen molar-refractivity contribution in [3.05, 3.63) is 71.2 Å². The molecule has 3 aromatic rings. The molecule has 0 bridgehead atoms. The van der Waals surface area contributed by atoms with Gasteiger partial charge in [0.25, 0.3) is 5.91 Å². The Morgan fingerprint density at radius 2 is 1.83 bits per heavy atom. The van der Waals surface area contributed by atoms with Gasteiger partial charge < -0.3 is 30.4 Å². The van der Waals surface area contributed by atoms with E-state index < -0.39 is 35.6 Å². The van der Waals surface area contributed by atoms with Gasteiger partial charge in [0.05, 0.1) is 25.5 Å². The third-order valence-electron chi connectivity index (χ3n) is 7.98. The van der Waals surface area contributed by atoms with Gasteiger partial charge in [0.15, 0.2) is 22.8 Å². The second-order valence-corrected chi connectivity index (χ2v) is 11.1. The Balaban J connectivity index is 1.35. The molecule has 222 valence electrons. The molecule has 0 saturated heterocycles. The van der Waals surface area contributed by atoms with Crippen LogP contribution in [0.15, 0.2) is 48.5 Å². The third kappa shape index (κ3) is 5.02. The number of benzene rings is 2. The molecule has 1 aliphatic heterocycles. The predicted molar refractivity (Wildman–Crippen MR) is 143 cm³/mol. The largest absolute Gasteiger partial charge is 0.493 e. The number of alkyl halides is 3. The summed E-state index contributed by atoms with van der Waals surface area (Å²) in [7, 11) is 1.46. The van der Waals surface area contributed by atoms with Crippen LogP contribution in [0.1, 0.15) is 47.3 Å². The van der Waals surface area contributed by atoms with Crippen LogP contribution in [0, 0.1) is 11.7 Å². The number of hydrogen-bond donors (Lipinski definition) is 3. The van der Waals surface area contributed by atoms with E-state index in [2.05, 4.69) is 10.3 Å². The Morgan fingerprint density at radius 1 is 1.12 bits per heavy atom. The number of nitrogens with two attached hydrogens (primary N) is 1. The number of nitrogens with zero attached hydrogens (tertiary/aromatic N) is 1. The van der Waals surface area contributed by atoms with Gasteiger partial charge in [-0.05, 0) is 80.1 Å². The van der Waals surface area contributed by atoms with Crippen LogP contribution < -0.4 is 25.3 Å². The van der Waals surface area contributed by atoms with Crippen molar-refractivity contribution < 1.29 is 41.7 Å². The number of carbonyl (C=O) groups is 1. The number of hydrogen-bond acceptors (Lipinski definition) is 7. The summed E-state index contributed by atoms with van der Waals surface area (Å²) in [4.78, 5) is 17.7. The molecule has 0 unspecified atom stereocenters. The Hall–Kier alpha value is -3.90. The molecule has 2 heterocycles. The van der Waals surface area contributed by atoms with Crippen LogP contribution in [0.4, 0.5) is 17.6 Å². The number of pyridine rings is 1. The van der Waals surface area contributed by atoms with Crippen molar-refractivity contribution in [1.82, 2.24) is 10.3 Å². The zero-order valence-electron chi connectivity index (χ0n) is 22.6. The van der Waals surface area contributed by atoms with E-state index in [1.54, 1.807) is 12.1 Å². The Labute approximate surface area is 238 Å². The first-order valence-corrected chi connectivity index (χ1v) is 13.6. The normalized spacial score (nSPS) is 21.2. The van der Waals surface area contributed by atoms with E-state index in [-0.39, 0.29) is 52.4 Å². The summed E-state index contributed by atoms with van der Waals surface area (Å²) in [6, 6.07) is 10.8. The van der Waals surface area contributed by atoms with Crippen molar-refractivity contribution >= 4 is 5.91 Å². The zero-order chi connectivity index (χ0) is 29.9. The first-order valence-electron chi connectivity index (χ1n) is 13.6. The monoisotopic (exact) mass is 587 g/mol.